The maximum Gasteiger partial charge on any atom is 0.319 e. The van der Waals surface area contributed by atoms with E-state index in [0.29, 0.717) is 12.2 Å². The van der Waals surface area contributed by atoms with Gasteiger partial charge in [-0.15, -0.1) is 0 Å². The lowest BCUT2D eigenvalue weighted by Crippen LogP contribution is -2.51. The number of hydrogen-bond acceptors (Lipinski definition) is 2. The average molecular weight is 291 g/mol. The van der Waals surface area contributed by atoms with Crippen molar-refractivity contribution in [2.24, 2.45) is 5.92 Å². The van der Waals surface area contributed by atoms with E-state index in [4.69, 9.17) is 0 Å². The van der Waals surface area contributed by atoms with Crippen LogP contribution in [0.5, 0.6) is 0 Å². The number of benzene rings is 1. The zero-order chi connectivity index (χ0) is 15.7. The minimum absolute atomic E-state index is 0.0214. The van der Waals surface area contributed by atoms with E-state index >= 15 is 0 Å². The van der Waals surface area contributed by atoms with Crippen molar-refractivity contribution in [1.29, 1.82) is 0 Å². The molecule has 5 heteroatoms. The molecule has 0 saturated carbocycles. The quantitative estimate of drug-likeness (QED) is 0.676. The number of amides is 3. The Hall–Kier alpha value is -2.04. The number of nitrogens with one attached hydrogen (secondary N) is 3. The minimum Gasteiger partial charge on any atom is -0.354 e. The number of urea groups is 1. The fourth-order valence-corrected chi connectivity index (χ4v) is 1.86. The topological polar surface area (TPSA) is 70.2 Å². The first-order chi connectivity index (χ1) is 10.0. The van der Waals surface area contributed by atoms with E-state index in [2.05, 4.69) is 22.9 Å². The van der Waals surface area contributed by atoms with Gasteiger partial charge in [0.2, 0.25) is 5.91 Å². The smallest absolute Gasteiger partial charge is 0.319 e. The first-order valence-corrected chi connectivity index (χ1v) is 7.44. The van der Waals surface area contributed by atoms with E-state index in [1.807, 2.05) is 32.0 Å². The van der Waals surface area contributed by atoms with Crippen molar-refractivity contribution in [2.45, 2.75) is 39.7 Å². The molecule has 1 aromatic carbocycles. The van der Waals surface area contributed by atoms with Gasteiger partial charge in [-0.1, -0.05) is 45.4 Å². The molecule has 0 aliphatic rings. The molecular weight excluding hydrogens is 266 g/mol. The van der Waals surface area contributed by atoms with Crippen molar-refractivity contribution in [3.8, 4) is 0 Å². The van der Waals surface area contributed by atoms with Gasteiger partial charge in [-0.05, 0) is 24.5 Å². The Morgan fingerprint density at radius 3 is 2.38 bits per heavy atom. The molecule has 116 valence electrons. The van der Waals surface area contributed by atoms with E-state index in [0.717, 1.165) is 12.8 Å². The van der Waals surface area contributed by atoms with Gasteiger partial charge in [0.25, 0.3) is 0 Å². The summed E-state index contributed by atoms with van der Waals surface area (Å²) in [6.45, 7) is 6.53. The molecule has 0 bridgehead atoms. The fraction of sp³-hybridized carbons (Fsp3) is 0.500. The number of carbonyl (C=O) groups is 2. The van der Waals surface area contributed by atoms with Crippen molar-refractivity contribution in [2.75, 3.05) is 11.9 Å². The highest BCUT2D eigenvalue weighted by Crippen LogP contribution is 2.06. The third kappa shape index (κ3) is 6.29. The Morgan fingerprint density at radius 2 is 1.81 bits per heavy atom. The predicted octanol–water partition coefficient (Wildman–Crippen LogP) is 2.75. The second-order valence-corrected chi connectivity index (χ2v) is 5.33. The molecule has 0 aromatic heterocycles. The summed E-state index contributed by atoms with van der Waals surface area (Å²) >= 11 is 0. The lowest BCUT2D eigenvalue weighted by atomic mass is 10.0. The van der Waals surface area contributed by atoms with Crippen LogP contribution in [0.2, 0.25) is 0 Å². The largest absolute Gasteiger partial charge is 0.354 e. The first-order valence-electron chi connectivity index (χ1n) is 7.44. The zero-order valence-electron chi connectivity index (χ0n) is 13.0. The number of anilines is 1. The summed E-state index contributed by atoms with van der Waals surface area (Å²) in [7, 11) is 0. The standard InChI is InChI=1S/C16H25N3O2/c1-4-5-11-17-15(20)14(12(2)3)19-16(21)18-13-9-7-6-8-10-13/h6-10,12,14H,4-5,11H2,1-3H3,(H,17,20)(H2,18,19,21). The zero-order valence-corrected chi connectivity index (χ0v) is 13.0. The van der Waals surface area contributed by atoms with Crippen molar-refractivity contribution in [1.82, 2.24) is 10.6 Å². The molecule has 3 amide bonds. The van der Waals surface area contributed by atoms with E-state index in [-0.39, 0.29) is 17.9 Å². The van der Waals surface area contributed by atoms with Crippen LogP contribution in [0.25, 0.3) is 0 Å². The van der Waals surface area contributed by atoms with Gasteiger partial charge in [-0.25, -0.2) is 4.79 Å². The summed E-state index contributed by atoms with van der Waals surface area (Å²) in [6.07, 6.45) is 1.96. The second kappa shape index (κ2) is 9.00. The van der Waals surface area contributed by atoms with Gasteiger partial charge >= 0.3 is 6.03 Å². The van der Waals surface area contributed by atoms with Gasteiger partial charge in [0.1, 0.15) is 6.04 Å². The van der Waals surface area contributed by atoms with Crippen LogP contribution in [-0.2, 0) is 4.79 Å². The summed E-state index contributed by atoms with van der Waals surface area (Å²) in [5.74, 6) is -0.116. The molecule has 3 N–H and O–H groups in total. The van der Waals surface area contributed by atoms with Crippen LogP contribution in [0.3, 0.4) is 0 Å². The maximum absolute atomic E-state index is 12.1. The van der Waals surface area contributed by atoms with Gasteiger partial charge in [0, 0.05) is 12.2 Å². The maximum atomic E-state index is 12.1. The molecule has 0 fully saturated rings. The lowest BCUT2D eigenvalue weighted by molar-refractivity contribution is -0.123. The molecular formula is C16H25N3O2. The number of unbranched alkanes of at least 4 members (excludes halogenated alkanes) is 1. The van der Waals surface area contributed by atoms with Gasteiger partial charge in [0.05, 0.1) is 0 Å². The lowest BCUT2D eigenvalue weighted by Gasteiger charge is -2.22. The van der Waals surface area contributed by atoms with E-state index in [1.165, 1.54) is 0 Å². The summed E-state index contributed by atoms with van der Waals surface area (Å²) in [5.41, 5.74) is 0.698. The molecule has 0 aliphatic heterocycles. The predicted molar refractivity (Wildman–Crippen MR) is 85.1 cm³/mol. The van der Waals surface area contributed by atoms with Gasteiger partial charge in [-0.3, -0.25) is 4.79 Å². The third-order valence-electron chi connectivity index (χ3n) is 3.10. The van der Waals surface area contributed by atoms with Crippen LogP contribution in [0, 0.1) is 5.92 Å². The molecule has 0 spiro atoms. The highest BCUT2D eigenvalue weighted by Gasteiger charge is 2.23. The normalized spacial score (nSPS) is 11.8. The molecule has 1 aromatic rings. The molecule has 1 atom stereocenters. The molecule has 0 aliphatic carbocycles. The number of hydrogen-bond donors (Lipinski definition) is 3. The Balaban J connectivity index is 2.53. The van der Waals surface area contributed by atoms with E-state index in [1.54, 1.807) is 12.1 Å². The van der Waals surface area contributed by atoms with Gasteiger partial charge in [-0.2, -0.15) is 0 Å². The average Bonchev–Trinajstić information content (AvgIpc) is 2.45. The SMILES string of the molecule is CCCCNC(=O)C(NC(=O)Nc1ccccc1)C(C)C. The summed E-state index contributed by atoms with van der Waals surface area (Å²) < 4.78 is 0. The summed E-state index contributed by atoms with van der Waals surface area (Å²) in [6, 6.07) is 8.24. The molecule has 0 saturated heterocycles. The first kappa shape index (κ1) is 17.0. The molecule has 0 heterocycles. The van der Waals surface area contributed by atoms with Gasteiger partial charge < -0.3 is 16.0 Å². The molecule has 1 unspecified atom stereocenters. The molecule has 5 nitrogen and oxygen atoms in total. The van der Waals surface area contributed by atoms with Crippen LogP contribution in [0.1, 0.15) is 33.6 Å². The van der Waals surface area contributed by atoms with Crippen LogP contribution < -0.4 is 16.0 Å². The Bertz CT molecular complexity index is 446. The van der Waals surface area contributed by atoms with E-state index < -0.39 is 6.04 Å². The Morgan fingerprint density at radius 1 is 1.14 bits per heavy atom. The Kier molecular flexibility index (Phi) is 7.29. The summed E-state index contributed by atoms with van der Waals surface area (Å²) in [4.78, 5) is 24.1. The third-order valence-corrected chi connectivity index (χ3v) is 3.10. The van der Waals surface area contributed by atoms with Crippen LogP contribution in [0.4, 0.5) is 10.5 Å². The molecule has 1 rings (SSSR count). The fourth-order valence-electron chi connectivity index (χ4n) is 1.86. The minimum atomic E-state index is -0.537. The van der Waals surface area contributed by atoms with Crippen molar-refractivity contribution < 1.29 is 9.59 Å². The summed E-state index contributed by atoms with van der Waals surface area (Å²) in [5, 5.41) is 8.30. The number of para-hydroxylation sites is 1. The molecule has 0 radical (unpaired) electrons. The van der Waals surface area contributed by atoms with Crippen molar-refractivity contribution >= 4 is 17.6 Å². The van der Waals surface area contributed by atoms with Crippen LogP contribution in [0.15, 0.2) is 30.3 Å². The second-order valence-electron chi connectivity index (χ2n) is 5.33. The van der Waals surface area contributed by atoms with Crippen LogP contribution >= 0.6 is 0 Å². The van der Waals surface area contributed by atoms with Crippen molar-refractivity contribution in [3.05, 3.63) is 30.3 Å². The number of rotatable bonds is 7. The monoisotopic (exact) mass is 291 g/mol. The van der Waals surface area contributed by atoms with Crippen LogP contribution in [-0.4, -0.2) is 24.5 Å². The van der Waals surface area contributed by atoms with Crippen molar-refractivity contribution in [3.63, 3.8) is 0 Å². The highest BCUT2D eigenvalue weighted by molar-refractivity contribution is 5.93. The van der Waals surface area contributed by atoms with Gasteiger partial charge in [0.15, 0.2) is 0 Å². The Labute approximate surface area is 126 Å². The molecule has 21 heavy (non-hydrogen) atoms. The van der Waals surface area contributed by atoms with E-state index in [9.17, 15) is 9.59 Å². The number of carbonyl (C=O) groups excluding carboxylic acids is 2. The highest BCUT2D eigenvalue weighted by atomic mass is 16.2.